The Morgan fingerprint density at radius 1 is 1.21 bits per heavy atom. The molecule has 0 atom stereocenters. The van der Waals surface area contributed by atoms with Crippen LogP contribution in [-0.4, -0.2) is 10.9 Å². The van der Waals surface area contributed by atoms with Crippen molar-refractivity contribution >= 4 is 12.0 Å². The Bertz CT molecular complexity index is 589. The molecule has 0 fully saturated rings. The molecule has 0 aliphatic rings. The molecule has 2 N–H and O–H groups in total. The average molecular weight is 254 g/mol. The van der Waals surface area contributed by atoms with Gasteiger partial charge in [0.15, 0.2) is 0 Å². The van der Waals surface area contributed by atoms with Crippen LogP contribution in [0.15, 0.2) is 54.4 Å². The fourth-order valence-electron chi connectivity index (χ4n) is 1.50. The van der Waals surface area contributed by atoms with Gasteiger partial charge in [-0.15, -0.1) is 0 Å². The van der Waals surface area contributed by atoms with E-state index in [0.717, 1.165) is 5.56 Å². The summed E-state index contributed by atoms with van der Waals surface area (Å²) in [5.41, 5.74) is 6.59. The van der Waals surface area contributed by atoms with Crippen molar-refractivity contribution in [2.24, 2.45) is 5.73 Å². The number of primary amides is 1. The molecule has 0 saturated carbocycles. The number of hydrogen-bond donors (Lipinski definition) is 1. The van der Waals surface area contributed by atoms with Crippen LogP contribution in [0.1, 0.15) is 12.5 Å². The highest BCUT2D eigenvalue weighted by atomic mass is 16.5. The predicted molar refractivity (Wildman–Crippen MR) is 73.6 cm³/mol. The highest BCUT2D eigenvalue weighted by Gasteiger charge is 1.99. The molecule has 1 aromatic carbocycles. The van der Waals surface area contributed by atoms with E-state index in [1.54, 1.807) is 25.4 Å². The summed E-state index contributed by atoms with van der Waals surface area (Å²) in [6.45, 7) is 1.68. The Balaban J connectivity index is 2.11. The number of hydrogen-bond acceptors (Lipinski definition) is 3. The maximum Gasteiger partial charge on any atom is 0.244 e. The molecule has 0 radical (unpaired) electrons. The lowest BCUT2D eigenvalue weighted by molar-refractivity contribution is -0.114. The summed E-state index contributed by atoms with van der Waals surface area (Å²) in [5, 5.41) is 0. The Morgan fingerprint density at radius 2 is 1.95 bits per heavy atom. The van der Waals surface area contributed by atoms with E-state index >= 15 is 0 Å². The largest absolute Gasteiger partial charge is 0.456 e. The maximum atomic E-state index is 10.9. The van der Waals surface area contributed by atoms with Crippen LogP contribution in [0.2, 0.25) is 0 Å². The summed E-state index contributed by atoms with van der Waals surface area (Å²) in [4.78, 5) is 14.9. The minimum absolute atomic E-state index is 0.421. The monoisotopic (exact) mass is 254 g/mol. The smallest absolute Gasteiger partial charge is 0.244 e. The minimum Gasteiger partial charge on any atom is -0.456 e. The van der Waals surface area contributed by atoms with Crippen molar-refractivity contribution in [3.8, 4) is 11.5 Å². The fourth-order valence-corrected chi connectivity index (χ4v) is 1.50. The number of aromatic nitrogens is 1. The first kappa shape index (κ1) is 12.8. The van der Waals surface area contributed by atoms with Gasteiger partial charge >= 0.3 is 0 Å². The number of nitrogens with two attached hydrogens (primary N) is 1. The Hall–Kier alpha value is -2.62. The summed E-state index contributed by atoms with van der Waals surface area (Å²) in [6, 6.07) is 11.0. The molecule has 2 aromatic rings. The van der Waals surface area contributed by atoms with E-state index in [1.165, 1.54) is 0 Å². The second-order valence-corrected chi connectivity index (χ2v) is 4.05. The maximum absolute atomic E-state index is 10.9. The Labute approximate surface area is 111 Å². The predicted octanol–water partition coefficient (Wildman–Crippen LogP) is 2.76. The van der Waals surface area contributed by atoms with Crippen molar-refractivity contribution in [1.29, 1.82) is 0 Å². The van der Waals surface area contributed by atoms with E-state index in [-0.39, 0.29) is 0 Å². The van der Waals surface area contributed by atoms with E-state index in [1.807, 2.05) is 36.4 Å². The molecular weight excluding hydrogens is 240 g/mol. The lowest BCUT2D eigenvalue weighted by Crippen LogP contribution is -2.11. The van der Waals surface area contributed by atoms with Gasteiger partial charge in [0.2, 0.25) is 5.91 Å². The molecule has 0 unspecified atom stereocenters. The zero-order chi connectivity index (χ0) is 13.7. The number of pyridine rings is 1. The molecule has 1 heterocycles. The van der Waals surface area contributed by atoms with Crippen LogP contribution in [0.25, 0.3) is 6.08 Å². The van der Waals surface area contributed by atoms with E-state index in [0.29, 0.717) is 17.1 Å². The molecular formula is C15H14N2O2. The van der Waals surface area contributed by atoms with E-state index < -0.39 is 5.91 Å². The van der Waals surface area contributed by atoms with Gasteiger partial charge in [-0.05, 0) is 42.8 Å². The van der Waals surface area contributed by atoms with Crippen molar-refractivity contribution in [3.63, 3.8) is 0 Å². The van der Waals surface area contributed by atoms with Crippen molar-refractivity contribution < 1.29 is 9.53 Å². The van der Waals surface area contributed by atoms with Crippen molar-refractivity contribution in [2.75, 3.05) is 0 Å². The van der Waals surface area contributed by atoms with Crippen molar-refractivity contribution in [3.05, 3.63) is 59.9 Å². The van der Waals surface area contributed by atoms with Gasteiger partial charge in [0, 0.05) is 11.8 Å². The van der Waals surface area contributed by atoms with Crippen LogP contribution in [0.5, 0.6) is 11.5 Å². The van der Waals surface area contributed by atoms with E-state index in [4.69, 9.17) is 10.5 Å². The Kier molecular flexibility index (Phi) is 3.93. The molecule has 0 bridgehead atoms. The first-order chi connectivity index (χ1) is 9.15. The SMILES string of the molecule is CC(=Cc1ccc(Oc2cccnc2)cc1)C(N)=O. The number of rotatable bonds is 4. The molecule has 4 nitrogen and oxygen atoms in total. The summed E-state index contributed by atoms with van der Waals surface area (Å²) in [5.74, 6) is 0.969. The summed E-state index contributed by atoms with van der Waals surface area (Å²) in [7, 11) is 0. The number of carbonyl (C=O) groups is 1. The third-order valence-electron chi connectivity index (χ3n) is 2.52. The Morgan fingerprint density at radius 3 is 2.53 bits per heavy atom. The standard InChI is InChI=1S/C15H14N2O2/c1-11(15(16)18)9-12-4-6-13(7-5-12)19-14-3-2-8-17-10-14/h2-10H,1H3,(H2,16,18). The first-order valence-electron chi connectivity index (χ1n) is 5.81. The van der Waals surface area contributed by atoms with Gasteiger partial charge in [0.1, 0.15) is 11.5 Å². The van der Waals surface area contributed by atoms with Gasteiger partial charge in [0.25, 0.3) is 0 Å². The third-order valence-corrected chi connectivity index (χ3v) is 2.52. The zero-order valence-electron chi connectivity index (χ0n) is 10.5. The van der Waals surface area contributed by atoms with E-state index in [9.17, 15) is 4.79 Å². The van der Waals surface area contributed by atoms with Crippen molar-refractivity contribution in [1.82, 2.24) is 4.98 Å². The number of amides is 1. The minimum atomic E-state index is -0.421. The molecule has 1 amide bonds. The molecule has 0 aliphatic carbocycles. The average Bonchev–Trinajstić information content (AvgIpc) is 2.42. The van der Waals surface area contributed by atoms with Crippen molar-refractivity contribution in [2.45, 2.75) is 6.92 Å². The molecule has 96 valence electrons. The van der Waals surface area contributed by atoms with Gasteiger partial charge in [-0.1, -0.05) is 12.1 Å². The van der Waals surface area contributed by atoms with E-state index in [2.05, 4.69) is 4.98 Å². The fraction of sp³-hybridized carbons (Fsp3) is 0.0667. The second-order valence-electron chi connectivity index (χ2n) is 4.05. The topological polar surface area (TPSA) is 65.2 Å². The summed E-state index contributed by atoms with van der Waals surface area (Å²) < 4.78 is 5.61. The van der Waals surface area contributed by atoms with Crippen LogP contribution in [0.4, 0.5) is 0 Å². The lowest BCUT2D eigenvalue weighted by atomic mass is 10.1. The lowest BCUT2D eigenvalue weighted by Gasteiger charge is -2.05. The van der Waals surface area contributed by atoms with Gasteiger partial charge in [-0.2, -0.15) is 0 Å². The van der Waals surface area contributed by atoms with Crippen LogP contribution >= 0.6 is 0 Å². The normalized spacial score (nSPS) is 11.1. The van der Waals surface area contributed by atoms with Crippen LogP contribution in [0.3, 0.4) is 0 Å². The number of carbonyl (C=O) groups excluding carboxylic acids is 1. The van der Waals surface area contributed by atoms with Gasteiger partial charge < -0.3 is 10.5 Å². The molecule has 19 heavy (non-hydrogen) atoms. The molecule has 0 saturated heterocycles. The first-order valence-corrected chi connectivity index (χ1v) is 5.81. The highest BCUT2D eigenvalue weighted by Crippen LogP contribution is 2.21. The number of nitrogens with zero attached hydrogens (tertiary/aromatic N) is 1. The molecule has 1 aromatic heterocycles. The van der Waals surface area contributed by atoms with Gasteiger partial charge in [0.05, 0.1) is 6.20 Å². The molecule has 2 rings (SSSR count). The van der Waals surface area contributed by atoms with Crippen LogP contribution in [0, 0.1) is 0 Å². The second kappa shape index (κ2) is 5.82. The van der Waals surface area contributed by atoms with Gasteiger partial charge in [-0.3, -0.25) is 9.78 Å². The summed E-state index contributed by atoms with van der Waals surface area (Å²) >= 11 is 0. The number of ether oxygens (including phenoxy) is 1. The highest BCUT2D eigenvalue weighted by molar-refractivity contribution is 5.95. The zero-order valence-corrected chi connectivity index (χ0v) is 10.5. The number of benzene rings is 1. The van der Waals surface area contributed by atoms with Crippen LogP contribution < -0.4 is 10.5 Å². The third kappa shape index (κ3) is 3.67. The molecule has 0 spiro atoms. The quantitative estimate of drug-likeness (QED) is 0.853. The van der Waals surface area contributed by atoms with Crippen LogP contribution in [-0.2, 0) is 4.79 Å². The molecule has 0 aliphatic heterocycles. The summed E-state index contributed by atoms with van der Waals surface area (Å²) in [6.07, 6.45) is 5.06. The molecule has 4 heteroatoms. The van der Waals surface area contributed by atoms with Gasteiger partial charge in [-0.25, -0.2) is 0 Å².